The van der Waals surface area contributed by atoms with Gasteiger partial charge in [0.1, 0.15) is 0 Å². The van der Waals surface area contributed by atoms with Crippen LogP contribution >= 0.6 is 12.4 Å². The highest BCUT2D eigenvalue weighted by atomic mass is 35.5. The van der Waals surface area contributed by atoms with Gasteiger partial charge in [-0.1, -0.05) is 36.4 Å². The Morgan fingerprint density at radius 1 is 0.950 bits per heavy atom. The molecule has 2 fully saturated rings. The Labute approximate surface area is 126 Å². The Morgan fingerprint density at radius 2 is 1.65 bits per heavy atom. The molecule has 0 unspecified atom stereocenters. The number of nitrogens with one attached hydrogen (secondary N) is 1. The van der Waals surface area contributed by atoms with E-state index in [9.17, 15) is 0 Å². The summed E-state index contributed by atoms with van der Waals surface area (Å²) in [5.41, 5.74) is 1.45. The lowest BCUT2D eigenvalue weighted by atomic mass is 10.0. The van der Waals surface area contributed by atoms with E-state index in [1.165, 1.54) is 42.5 Å². The van der Waals surface area contributed by atoms with Gasteiger partial charge in [0.2, 0.25) is 0 Å². The van der Waals surface area contributed by atoms with E-state index in [1.807, 2.05) is 0 Å². The quantitative estimate of drug-likeness (QED) is 0.914. The lowest BCUT2D eigenvalue weighted by Crippen LogP contribution is -2.25. The average Bonchev–Trinajstić information content (AvgIpc) is 2.99. The molecule has 0 bridgehead atoms. The molecule has 2 saturated heterocycles. The zero-order chi connectivity index (χ0) is 12.7. The predicted molar refractivity (Wildman–Crippen MR) is 86.3 cm³/mol. The van der Waals surface area contributed by atoms with Crippen LogP contribution < -0.4 is 5.32 Å². The van der Waals surface area contributed by atoms with Crippen LogP contribution in [0.15, 0.2) is 42.5 Å². The normalized spacial score (nSPS) is 25.6. The highest BCUT2D eigenvalue weighted by Crippen LogP contribution is 2.27. The van der Waals surface area contributed by atoms with Gasteiger partial charge in [-0.15, -0.1) is 12.4 Å². The molecular weight excluding hydrogens is 268 g/mol. The molecule has 0 aliphatic carbocycles. The Balaban J connectivity index is 0.00000121. The summed E-state index contributed by atoms with van der Waals surface area (Å²) in [5.74, 6) is 1.78. The van der Waals surface area contributed by atoms with Crippen molar-refractivity contribution in [1.29, 1.82) is 0 Å². The molecule has 3 heteroatoms. The summed E-state index contributed by atoms with van der Waals surface area (Å²) < 4.78 is 0. The molecule has 1 N–H and O–H groups in total. The monoisotopic (exact) mass is 288 g/mol. The van der Waals surface area contributed by atoms with E-state index in [4.69, 9.17) is 0 Å². The fraction of sp³-hybridized carbons (Fsp3) is 0.412. The SMILES string of the molecule is Cl.c1ccc2cc(CN3C[C@H]4CNC[C@H]4C3)ccc2c1. The molecule has 0 saturated carbocycles. The van der Waals surface area contributed by atoms with Crippen molar-refractivity contribution >= 4 is 23.2 Å². The van der Waals surface area contributed by atoms with Crippen LogP contribution in [-0.2, 0) is 6.54 Å². The van der Waals surface area contributed by atoms with Gasteiger partial charge in [0.25, 0.3) is 0 Å². The van der Waals surface area contributed by atoms with E-state index in [1.54, 1.807) is 0 Å². The number of fused-ring (bicyclic) bond motifs is 2. The number of likely N-dealkylation sites (tertiary alicyclic amines) is 1. The van der Waals surface area contributed by atoms with Crippen molar-refractivity contribution in [3.63, 3.8) is 0 Å². The molecule has 0 aromatic heterocycles. The number of hydrogen-bond acceptors (Lipinski definition) is 2. The fourth-order valence-corrected chi connectivity index (χ4v) is 3.68. The summed E-state index contributed by atoms with van der Waals surface area (Å²) in [6, 6.07) is 15.5. The second-order valence-corrected chi connectivity index (χ2v) is 6.05. The third kappa shape index (κ3) is 2.56. The van der Waals surface area contributed by atoms with Gasteiger partial charge in [0.05, 0.1) is 0 Å². The van der Waals surface area contributed by atoms with Crippen LogP contribution in [0.4, 0.5) is 0 Å². The summed E-state index contributed by atoms with van der Waals surface area (Å²) in [7, 11) is 0. The van der Waals surface area contributed by atoms with Crippen LogP contribution in [0.5, 0.6) is 0 Å². The van der Waals surface area contributed by atoms with Crippen LogP contribution in [0, 0.1) is 11.8 Å². The molecule has 2 aromatic carbocycles. The minimum Gasteiger partial charge on any atom is -0.316 e. The third-order valence-corrected chi connectivity index (χ3v) is 4.69. The summed E-state index contributed by atoms with van der Waals surface area (Å²) in [5, 5.41) is 6.21. The minimum absolute atomic E-state index is 0. The number of benzene rings is 2. The van der Waals surface area contributed by atoms with Crippen LogP contribution in [-0.4, -0.2) is 31.1 Å². The van der Waals surface area contributed by atoms with Gasteiger partial charge >= 0.3 is 0 Å². The molecular formula is C17H21ClN2. The molecule has 20 heavy (non-hydrogen) atoms. The van der Waals surface area contributed by atoms with E-state index in [-0.39, 0.29) is 12.4 Å². The maximum Gasteiger partial charge on any atom is 0.0234 e. The minimum atomic E-state index is 0. The molecule has 2 nitrogen and oxygen atoms in total. The number of halogens is 1. The predicted octanol–water partition coefficient (Wildman–Crippen LogP) is 2.91. The summed E-state index contributed by atoms with van der Waals surface area (Å²) in [4.78, 5) is 2.63. The Morgan fingerprint density at radius 3 is 2.40 bits per heavy atom. The van der Waals surface area contributed by atoms with Crippen molar-refractivity contribution in [1.82, 2.24) is 10.2 Å². The van der Waals surface area contributed by atoms with Gasteiger partial charge in [-0.05, 0) is 47.3 Å². The number of rotatable bonds is 2. The van der Waals surface area contributed by atoms with Gasteiger partial charge in [0, 0.05) is 19.6 Å². The summed E-state index contributed by atoms with van der Waals surface area (Å²) in [6.45, 7) is 6.09. The van der Waals surface area contributed by atoms with Gasteiger partial charge in [-0.25, -0.2) is 0 Å². The fourth-order valence-electron chi connectivity index (χ4n) is 3.68. The van der Waals surface area contributed by atoms with E-state index in [0.717, 1.165) is 18.4 Å². The second kappa shape index (κ2) is 5.72. The molecule has 106 valence electrons. The molecule has 0 spiro atoms. The maximum atomic E-state index is 3.51. The molecule has 2 atom stereocenters. The van der Waals surface area contributed by atoms with Crippen molar-refractivity contribution in [2.45, 2.75) is 6.54 Å². The second-order valence-electron chi connectivity index (χ2n) is 6.05. The van der Waals surface area contributed by atoms with Gasteiger partial charge in [-0.2, -0.15) is 0 Å². The van der Waals surface area contributed by atoms with Crippen LogP contribution in [0.3, 0.4) is 0 Å². The highest BCUT2D eigenvalue weighted by molar-refractivity contribution is 5.85. The van der Waals surface area contributed by atoms with Crippen LogP contribution in [0.2, 0.25) is 0 Å². The van der Waals surface area contributed by atoms with Gasteiger partial charge in [0.15, 0.2) is 0 Å². The molecule has 4 rings (SSSR count). The molecule has 2 aliphatic rings. The number of hydrogen-bond donors (Lipinski definition) is 1. The standard InChI is InChI=1S/C17H20N2.ClH/c1-2-4-15-7-13(5-6-14(15)3-1)10-19-11-16-8-18-9-17(16)12-19;/h1-7,16-18H,8-12H2;1H/t16-,17+;. The summed E-state index contributed by atoms with van der Waals surface area (Å²) >= 11 is 0. The van der Waals surface area contributed by atoms with E-state index >= 15 is 0 Å². The van der Waals surface area contributed by atoms with Gasteiger partial charge < -0.3 is 5.32 Å². The topological polar surface area (TPSA) is 15.3 Å². The molecule has 2 aromatic rings. The van der Waals surface area contributed by atoms with E-state index in [2.05, 4.69) is 52.7 Å². The summed E-state index contributed by atoms with van der Waals surface area (Å²) in [6.07, 6.45) is 0. The molecule has 2 aliphatic heterocycles. The molecule has 0 radical (unpaired) electrons. The molecule has 0 amide bonds. The van der Waals surface area contributed by atoms with Crippen molar-refractivity contribution in [3.05, 3.63) is 48.0 Å². The van der Waals surface area contributed by atoms with Gasteiger partial charge in [-0.3, -0.25) is 4.90 Å². The number of nitrogens with zero attached hydrogens (tertiary/aromatic N) is 1. The highest BCUT2D eigenvalue weighted by Gasteiger charge is 2.35. The largest absolute Gasteiger partial charge is 0.316 e. The van der Waals surface area contributed by atoms with E-state index < -0.39 is 0 Å². The van der Waals surface area contributed by atoms with Crippen molar-refractivity contribution in [3.8, 4) is 0 Å². The lowest BCUT2D eigenvalue weighted by Gasteiger charge is -2.17. The Bertz CT molecular complexity index is 586. The first kappa shape index (κ1) is 13.9. The first-order chi connectivity index (χ1) is 9.38. The Kier molecular flexibility index (Phi) is 3.97. The average molecular weight is 289 g/mol. The molecule has 2 heterocycles. The zero-order valence-electron chi connectivity index (χ0n) is 11.6. The van der Waals surface area contributed by atoms with E-state index in [0.29, 0.717) is 0 Å². The zero-order valence-corrected chi connectivity index (χ0v) is 12.4. The lowest BCUT2D eigenvalue weighted by molar-refractivity contribution is 0.306. The van der Waals surface area contributed by atoms with Crippen molar-refractivity contribution < 1.29 is 0 Å². The van der Waals surface area contributed by atoms with Crippen LogP contribution in [0.1, 0.15) is 5.56 Å². The third-order valence-electron chi connectivity index (χ3n) is 4.69. The maximum absolute atomic E-state index is 3.51. The van der Waals surface area contributed by atoms with Crippen molar-refractivity contribution in [2.75, 3.05) is 26.2 Å². The Hall–Kier alpha value is -1.09. The van der Waals surface area contributed by atoms with Crippen LogP contribution in [0.25, 0.3) is 10.8 Å². The first-order valence-corrected chi connectivity index (χ1v) is 7.29. The first-order valence-electron chi connectivity index (χ1n) is 7.29. The smallest absolute Gasteiger partial charge is 0.0234 e. The van der Waals surface area contributed by atoms with Crippen molar-refractivity contribution in [2.24, 2.45) is 11.8 Å².